The highest BCUT2D eigenvalue weighted by Crippen LogP contribution is 2.36. The number of aromatic amines is 2. The number of aromatic nitrogens is 2. The summed E-state index contributed by atoms with van der Waals surface area (Å²) in [6.45, 7) is 4.00. The highest BCUT2D eigenvalue weighted by molar-refractivity contribution is 7.98. The molecule has 0 aliphatic heterocycles. The Balaban J connectivity index is 0.000000948. The maximum Gasteiger partial charge on any atom is 0.267 e. The summed E-state index contributed by atoms with van der Waals surface area (Å²) in [6, 6.07) is 12.2. The molecule has 4 aromatic rings. The highest BCUT2D eigenvalue weighted by atomic mass is 35.5. The number of H-pyrrole nitrogens is 2. The van der Waals surface area contributed by atoms with E-state index in [2.05, 4.69) is 9.97 Å². The van der Waals surface area contributed by atoms with Crippen molar-refractivity contribution in [2.45, 2.75) is 18.7 Å². The highest BCUT2D eigenvalue weighted by Gasteiger charge is 2.17. The van der Waals surface area contributed by atoms with Gasteiger partial charge in [-0.2, -0.15) is 0 Å². The van der Waals surface area contributed by atoms with Crippen LogP contribution in [0.2, 0.25) is 5.02 Å². The summed E-state index contributed by atoms with van der Waals surface area (Å²) in [7, 11) is 0. The predicted octanol–water partition coefficient (Wildman–Crippen LogP) is 6.22. The Morgan fingerprint density at radius 1 is 1.04 bits per heavy atom. The normalized spacial score (nSPS) is 10.8. The van der Waals surface area contributed by atoms with Crippen LogP contribution in [0.5, 0.6) is 0 Å². The minimum Gasteiger partial charge on any atom is -0.353 e. The fraction of sp³-hybridized carbons (Fsp3) is 0.150. The number of nitrogens with one attached hydrogen (secondary N) is 2. The van der Waals surface area contributed by atoms with Gasteiger partial charge in [-0.05, 0) is 42.2 Å². The van der Waals surface area contributed by atoms with E-state index in [-0.39, 0.29) is 16.4 Å². The molecule has 26 heavy (non-hydrogen) atoms. The van der Waals surface area contributed by atoms with Crippen molar-refractivity contribution in [3.8, 4) is 11.1 Å². The maximum atomic E-state index is 13.6. The van der Waals surface area contributed by atoms with E-state index < -0.39 is 0 Å². The van der Waals surface area contributed by atoms with E-state index in [1.54, 1.807) is 17.8 Å². The van der Waals surface area contributed by atoms with Gasteiger partial charge in [0.2, 0.25) is 0 Å². The van der Waals surface area contributed by atoms with Crippen LogP contribution in [0.4, 0.5) is 4.39 Å². The van der Waals surface area contributed by atoms with Crippen LogP contribution < -0.4 is 5.56 Å². The number of rotatable bonds is 2. The monoisotopic (exact) mass is 388 g/mol. The van der Waals surface area contributed by atoms with Crippen LogP contribution in [0.3, 0.4) is 0 Å². The first-order valence-corrected chi connectivity index (χ1v) is 9.86. The molecule has 0 bridgehead atoms. The van der Waals surface area contributed by atoms with Gasteiger partial charge in [-0.1, -0.05) is 37.6 Å². The summed E-state index contributed by atoms with van der Waals surface area (Å²) in [5.41, 5.74) is 3.07. The zero-order valence-corrected chi connectivity index (χ0v) is 16.2. The molecule has 0 atom stereocenters. The van der Waals surface area contributed by atoms with E-state index in [0.717, 1.165) is 16.0 Å². The average molecular weight is 389 g/mol. The Labute approximate surface area is 159 Å². The summed E-state index contributed by atoms with van der Waals surface area (Å²) in [4.78, 5) is 19.4. The number of benzene rings is 2. The van der Waals surface area contributed by atoms with Gasteiger partial charge in [-0.15, -0.1) is 11.8 Å². The SMILES string of the molecule is CC.CSc1cccc(-c2c(Cl)c(=O)[nH]c3c2[nH]c2ccc(F)cc23)c1. The van der Waals surface area contributed by atoms with Crippen molar-refractivity contribution in [1.29, 1.82) is 0 Å². The van der Waals surface area contributed by atoms with Gasteiger partial charge < -0.3 is 9.97 Å². The van der Waals surface area contributed by atoms with Crippen molar-refractivity contribution in [2.75, 3.05) is 6.26 Å². The van der Waals surface area contributed by atoms with Gasteiger partial charge >= 0.3 is 0 Å². The van der Waals surface area contributed by atoms with Gasteiger partial charge in [0.1, 0.15) is 10.8 Å². The first-order chi connectivity index (χ1) is 12.6. The smallest absolute Gasteiger partial charge is 0.267 e. The molecule has 2 aromatic heterocycles. The molecular weight excluding hydrogens is 371 g/mol. The molecule has 0 saturated carbocycles. The molecule has 2 heterocycles. The molecule has 0 unspecified atom stereocenters. The lowest BCUT2D eigenvalue weighted by Gasteiger charge is -2.07. The number of pyridine rings is 1. The number of hydrogen-bond donors (Lipinski definition) is 2. The summed E-state index contributed by atoms with van der Waals surface area (Å²) in [6.07, 6.45) is 1.99. The molecule has 0 radical (unpaired) electrons. The third-order valence-electron chi connectivity index (χ3n) is 4.03. The van der Waals surface area contributed by atoms with Gasteiger partial charge in [-0.25, -0.2) is 4.39 Å². The quantitative estimate of drug-likeness (QED) is 0.400. The van der Waals surface area contributed by atoms with Crippen molar-refractivity contribution in [3.05, 3.63) is 63.7 Å². The molecule has 0 spiro atoms. The molecule has 0 saturated heterocycles. The lowest BCUT2D eigenvalue weighted by Crippen LogP contribution is -2.07. The molecular formula is C20H18ClFN2OS. The lowest BCUT2D eigenvalue weighted by molar-refractivity contribution is 0.630. The average Bonchev–Trinajstić information content (AvgIpc) is 3.01. The molecule has 0 amide bonds. The van der Waals surface area contributed by atoms with Crippen LogP contribution in [-0.4, -0.2) is 16.2 Å². The molecule has 0 fully saturated rings. The van der Waals surface area contributed by atoms with Crippen molar-refractivity contribution < 1.29 is 4.39 Å². The van der Waals surface area contributed by atoms with Crippen LogP contribution in [0.25, 0.3) is 33.1 Å². The number of halogens is 2. The van der Waals surface area contributed by atoms with Crippen molar-refractivity contribution in [3.63, 3.8) is 0 Å². The Kier molecular flexibility index (Phi) is 5.39. The second-order valence-corrected chi connectivity index (χ2v) is 6.70. The maximum absolute atomic E-state index is 13.6. The van der Waals surface area contributed by atoms with Gasteiger partial charge in [0, 0.05) is 21.4 Å². The molecule has 6 heteroatoms. The van der Waals surface area contributed by atoms with Crippen molar-refractivity contribution in [1.82, 2.24) is 9.97 Å². The number of hydrogen-bond acceptors (Lipinski definition) is 2. The van der Waals surface area contributed by atoms with E-state index in [0.29, 0.717) is 22.0 Å². The summed E-state index contributed by atoms with van der Waals surface area (Å²) >= 11 is 7.93. The van der Waals surface area contributed by atoms with Crippen LogP contribution in [0.1, 0.15) is 13.8 Å². The van der Waals surface area contributed by atoms with Gasteiger partial charge in [0.05, 0.1) is 11.0 Å². The Morgan fingerprint density at radius 2 is 1.81 bits per heavy atom. The topological polar surface area (TPSA) is 48.6 Å². The van der Waals surface area contributed by atoms with Crippen molar-refractivity contribution >= 4 is 45.3 Å². The van der Waals surface area contributed by atoms with Crippen LogP contribution in [0, 0.1) is 5.82 Å². The van der Waals surface area contributed by atoms with Crippen LogP contribution in [-0.2, 0) is 0 Å². The number of fused-ring (bicyclic) bond motifs is 3. The Morgan fingerprint density at radius 3 is 2.54 bits per heavy atom. The molecule has 0 aliphatic carbocycles. The molecule has 2 aromatic carbocycles. The Bertz CT molecular complexity index is 1150. The van der Waals surface area contributed by atoms with E-state index in [4.69, 9.17) is 11.6 Å². The van der Waals surface area contributed by atoms with Gasteiger partial charge in [0.25, 0.3) is 5.56 Å². The lowest BCUT2D eigenvalue weighted by atomic mass is 10.0. The first kappa shape index (κ1) is 18.5. The second kappa shape index (κ2) is 7.56. The van der Waals surface area contributed by atoms with E-state index in [1.165, 1.54) is 12.1 Å². The van der Waals surface area contributed by atoms with Crippen molar-refractivity contribution in [2.24, 2.45) is 0 Å². The Hall–Kier alpha value is -2.24. The van der Waals surface area contributed by atoms with Gasteiger partial charge in [0.15, 0.2) is 0 Å². The molecule has 0 aliphatic rings. The third kappa shape index (κ3) is 3.13. The summed E-state index contributed by atoms with van der Waals surface area (Å²) < 4.78 is 13.6. The molecule has 3 nitrogen and oxygen atoms in total. The van der Waals surface area contributed by atoms with E-state index in [1.807, 2.05) is 44.4 Å². The third-order valence-corrected chi connectivity index (χ3v) is 5.11. The van der Waals surface area contributed by atoms with Gasteiger partial charge in [-0.3, -0.25) is 4.79 Å². The number of thioether (sulfide) groups is 1. The minimum atomic E-state index is -0.390. The zero-order valence-electron chi connectivity index (χ0n) is 14.6. The molecule has 4 rings (SSSR count). The predicted molar refractivity (Wildman–Crippen MR) is 110 cm³/mol. The summed E-state index contributed by atoms with van der Waals surface area (Å²) in [5, 5.41) is 0.744. The second-order valence-electron chi connectivity index (χ2n) is 5.44. The van der Waals surface area contributed by atoms with Crippen LogP contribution in [0.15, 0.2) is 52.2 Å². The van der Waals surface area contributed by atoms with E-state index >= 15 is 0 Å². The van der Waals surface area contributed by atoms with Crippen LogP contribution >= 0.6 is 23.4 Å². The fourth-order valence-electron chi connectivity index (χ4n) is 2.92. The minimum absolute atomic E-state index is 0.118. The zero-order chi connectivity index (χ0) is 18.8. The largest absolute Gasteiger partial charge is 0.353 e. The standard InChI is InChI=1S/C18H12ClFN2OS.C2H6/c1-24-11-4-2-3-9(7-11)14-15(19)18(23)22-16-12-8-10(20)5-6-13(12)21-17(14)16;1-2/h2-8,21H,1H3,(H,22,23);1-2H3. The molecule has 2 N–H and O–H groups in total. The summed E-state index contributed by atoms with van der Waals surface area (Å²) in [5.74, 6) is -0.356. The first-order valence-electron chi connectivity index (χ1n) is 8.25. The van der Waals surface area contributed by atoms with E-state index in [9.17, 15) is 9.18 Å². The fourth-order valence-corrected chi connectivity index (χ4v) is 3.63. The molecule has 134 valence electrons.